The van der Waals surface area contributed by atoms with Crippen molar-refractivity contribution in [3.63, 3.8) is 0 Å². The third-order valence-electron chi connectivity index (χ3n) is 5.24. The highest BCUT2D eigenvalue weighted by Gasteiger charge is 2.45. The maximum absolute atomic E-state index is 12.8. The molecule has 2 aromatic heterocycles. The van der Waals surface area contributed by atoms with Gasteiger partial charge in [-0.05, 0) is 31.7 Å². The summed E-state index contributed by atoms with van der Waals surface area (Å²) in [5, 5.41) is 12.8. The molecule has 1 amide bonds. The van der Waals surface area contributed by atoms with Gasteiger partial charge < -0.3 is 10.0 Å². The Morgan fingerprint density at radius 2 is 2.08 bits per heavy atom. The third-order valence-corrected chi connectivity index (χ3v) is 6.07. The molecule has 1 spiro atoms. The summed E-state index contributed by atoms with van der Waals surface area (Å²) in [7, 11) is 0. The molecular formula is C17H20N4O2S. The zero-order valence-electron chi connectivity index (χ0n) is 13.4. The summed E-state index contributed by atoms with van der Waals surface area (Å²) in [6.45, 7) is 1.38. The minimum absolute atomic E-state index is 0.0494. The lowest BCUT2D eigenvalue weighted by Gasteiger charge is -2.42. The van der Waals surface area contributed by atoms with E-state index in [-0.39, 0.29) is 17.4 Å². The lowest BCUT2D eigenvalue weighted by atomic mass is 9.76. The normalized spacial score (nSPS) is 26.9. The first-order chi connectivity index (χ1) is 11.7. The van der Waals surface area contributed by atoms with Gasteiger partial charge in [-0.3, -0.25) is 4.79 Å². The van der Waals surface area contributed by atoms with Crippen LogP contribution in [-0.2, 0) is 0 Å². The van der Waals surface area contributed by atoms with Crippen LogP contribution in [-0.4, -0.2) is 50.1 Å². The Bertz CT molecular complexity index is 735. The Morgan fingerprint density at radius 1 is 1.29 bits per heavy atom. The van der Waals surface area contributed by atoms with Crippen molar-refractivity contribution in [1.29, 1.82) is 0 Å². The van der Waals surface area contributed by atoms with Crippen LogP contribution in [0.4, 0.5) is 0 Å². The fourth-order valence-corrected chi connectivity index (χ4v) is 4.71. The molecule has 2 aromatic rings. The zero-order valence-corrected chi connectivity index (χ0v) is 14.2. The van der Waals surface area contributed by atoms with E-state index in [0.29, 0.717) is 23.1 Å². The molecule has 1 saturated heterocycles. The van der Waals surface area contributed by atoms with Gasteiger partial charge in [0.25, 0.3) is 5.91 Å². The number of carbonyl (C=O) groups excluding carboxylic acids is 1. The monoisotopic (exact) mass is 344 g/mol. The quantitative estimate of drug-likeness (QED) is 0.905. The van der Waals surface area contributed by atoms with E-state index in [0.717, 1.165) is 38.6 Å². The van der Waals surface area contributed by atoms with Crippen LogP contribution in [0.1, 0.15) is 42.6 Å². The van der Waals surface area contributed by atoms with Crippen LogP contribution in [0.3, 0.4) is 0 Å². The Hall–Kier alpha value is -1.86. The molecule has 2 fully saturated rings. The van der Waals surface area contributed by atoms with E-state index in [1.807, 2.05) is 4.90 Å². The molecule has 24 heavy (non-hydrogen) atoms. The average molecular weight is 344 g/mol. The zero-order chi connectivity index (χ0) is 16.6. The van der Waals surface area contributed by atoms with E-state index in [1.165, 1.54) is 11.3 Å². The second kappa shape index (κ2) is 6.22. The van der Waals surface area contributed by atoms with E-state index in [4.69, 9.17) is 0 Å². The molecule has 2 aliphatic rings. The van der Waals surface area contributed by atoms with Crippen LogP contribution in [0.25, 0.3) is 10.8 Å². The molecule has 2 atom stereocenters. The number of piperidine rings is 1. The van der Waals surface area contributed by atoms with Crippen LogP contribution >= 0.6 is 11.3 Å². The average Bonchev–Trinajstić information content (AvgIpc) is 3.24. The van der Waals surface area contributed by atoms with Crippen molar-refractivity contribution in [2.24, 2.45) is 5.41 Å². The molecule has 0 bridgehead atoms. The number of nitrogens with zero attached hydrogens (tertiary/aromatic N) is 4. The Balaban J connectivity index is 1.53. The summed E-state index contributed by atoms with van der Waals surface area (Å²) >= 11 is 1.39. The maximum atomic E-state index is 12.8. The van der Waals surface area contributed by atoms with Gasteiger partial charge in [-0.2, -0.15) is 0 Å². The molecule has 7 heteroatoms. The van der Waals surface area contributed by atoms with Gasteiger partial charge >= 0.3 is 0 Å². The summed E-state index contributed by atoms with van der Waals surface area (Å²) in [4.78, 5) is 27.5. The summed E-state index contributed by atoms with van der Waals surface area (Å²) in [6.07, 6.45) is 7.93. The van der Waals surface area contributed by atoms with Crippen molar-refractivity contribution < 1.29 is 9.90 Å². The number of aromatic nitrogens is 3. The number of hydrogen-bond donors (Lipinski definition) is 1. The summed E-state index contributed by atoms with van der Waals surface area (Å²) in [5.74, 6) is 0.495. The number of likely N-dealkylation sites (tertiary alicyclic amines) is 1. The Labute approximate surface area is 144 Å². The van der Waals surface area contributed by atoms with Gasteiger partial charge in [0.1, 0.15) is 5.69 Å². The first-order valence-electron chi connectivity index (χ1n) is 8.38. The summed E-state index contributed by atoms with van der Waals surface area (Å²) < 4.78 is 0. The molecule has 0 radical (unpaired) electrons. The van der Waals surface area contributed by atoms with Gasteiger partial charge in [0.15, 0.2) is 10.8 Å². The fourth-order valence-electron chi connectivity index (χ4n) is 3.98. The molecule has 1 N–H and O–H groups in total. The number of hydrogen-bond acceptors (Lipinski definition) is 6. The maximum Gasteiger partial charge on any atom is 0.273 e. The second-order valence-corrected chi connectivity index (χ2v) is 7.57. The molecule has 1 saturated carbocycles. The van der Waals surface area contributed by atoms with E-state index >= 15 is 0 Å². The standard InChI is InChI=1S/C17H20N4O2S/c22-13-4-1-5-17(13)6-2-9-21(11-17)16(23)12-10-24-15(20-12)14-18-7-3-8-19-14/h3,7-8,10,13,22H,1-2,4-6,9,11H2/t13-,17-/m1/s1. The highest BCUT2D eigenvalue weighted by atomic mass is 32.1. The van der Waals surface area contributed by atoms with Crippen molar-refractivity contribution in [2.75, 3.05) is 13.1 Å². The highest BCUT2D eigenvalue weighted by Crippen LogP contribution is 2.45. The van der Waals surface area contributed by atoms with Crippen molar-refractivity contribution in [1.82, 2.24) is 19.9 Å². The van der Waals surface area contributed by atoms with Gasteiger partial charge in [-0.15, -0.1) is 11.3 Å². The molecule has 1 aliphatic carbocycles. The molecule has 0 aromatic carbocycles. The Kier molecular flexibility index (Phi) is 4.05. The predicted molar refractivity (Wildman–Crippen MR) is 90.6 cm³/mol. The first kappa shape index (κ1) is 15.7. The van der Waals surface area contributed by atoms with Crippen molar-refractivity contribution in [2.45, 2.75) is 38.2 Å². The van der Waals surface area contributed by atoms with Gasteiger partial charge in [-0.25, -0.2) is 15.0 Å². The number of carbonyl (C=O) groups is 1. The number of thiazole rings is 1. The fraction of sp³-hybridized carbons (Fsp3) is 0.529. The van der Waals surface area contributed by atoms with Crippen LogP contribution in [0.15, 0.2) is 23.8 Å². The van der Waals surface area contributed by atoms with Crippen molar-refractivity contribution in [3.05, 3.63) is 29.5 Å². The topological polar surface area (TPSA) is 79.2 Å². The lowest BCUT2D eigenvalue weighted by molar-refractivity contribution is -0.00552. The summed E-state index contributed by atoms with van der Waals surface area (Å²) in [5.41, 5.74) is 0.349. The molecule has 1 aliphatic heterocycles. The largest absolute Gasteiger partial charge is 0.392 e. The van der Waals surface area contributed by atoms with Crippen LogP contribution in [0, 0.1) is 5.41 Å². The minimum Gasteiger partial charge on any atom is -0.392 e. The van der Waals surface area contributed by atoms with E-state index in [9.17, 15) is 9.90 Å². The highest BCUT2D eigenvalue weighted by molar-refractivity contribution is 7.13. The molecule has 4 rings (SSSR count). The van der Waals surface area contributed by atoms with Gasteiger partial charge in [-0.1, -0.05) is 6.42 Å². The number of aliphatic hydroxyl groups excluding tert-OH is 1. The molecular weight excluding hydrogens is 324 g/mol. The number of rotatable bonds is 2. The van der Waals surface area contributed by atoms with Crippen LogP contribution < -0.4 is 0 Å². The first-order valence-corrected chi connectivity index (χ1v) is 9.26. The molecule has 0 unspecified atom stereocenters. The van der Waals surface area contributed by atoms with Crippen LogP contribution in [0.5, 0.6) is 0 Å². The van der Waals surface area contributed by atoms with Gasteiger partial charge in [0.2, 0.25) is 0 Å². The van der Waals surface area contributed by atoms with E-state index < -0.39 is 0 Å². The van der Waals surface area contributed by atoms with Crippen molar-refractivity contribution in [3.8, 4) is 10.8 Å². The summed E-state index contributed by atoms with van der Waals surface area (Å²) in [6, 6.07) is 1.75. The predicted octanol–water partition coefficient (Wildman–Crippen LogP) is 2.37. The Morgan fingerprint density at radius 3 is 2.83 bits per heavy atom. The van der Waals surface area contributed by atoms with Crippen molar-refractivity contribution >= 4 is 17.2 Å². The molecule has 6 nitrogen and oxygen atoms in total. The lowest BCUT2D eigenvalue weighted by Crippen LogP contribution is -2.49. The van der Waals surface area contributed by atoms with Gasteiger partial charge in [0, 0.05) is 36.3 Å². The second-order valence-electron chi connectivity index (χ2n) is 6.71. The van der Waals surface area contributed by atoms with E-state index in [2.05, 4.69) is 15.0 Å². The molecule has 3 heterocycles. The number of amides is 1. The SMILES string of the molecule is O=C(c1csc(-c2ncccn2)n1)N1CCC[C@]2(CCC[C@H]2O)C1. The van der Waals surface area contributed by atoms with Crippen LogP contribution in [0.2, 0.25) is 0 Å². The molecule has 126 valence electrons. The third kappa shape index (κ3) is 2.71. The minimum atomic E-state index is -0.281. The van der Waals surface area contributed by atoms with E-state index in [1.54, 1.807) is 23.8 Å². The smallest absolute Gasteiger partial charge is 0.273 e. The number of aliphatic hydroxyl groups is 1. The van der Waals surface area contributed by atoms with Gasteiger partial charge in [0.05, 0.1) is 6.10 Å².